The molecule has 2 rings (SSSR count). The van der Waals surface area contributed by atoms with Crippen molar-refractivity contribution in [1.29, 1.82) is 0 Å². The maximum atomic E-state index is 6.11. The molecular formula is C11H14ClNS. The van der Waals surface area contributed by atoms with E-state index in [1.54, 1.807) is 11.8 Å². The summed E-state index contributed by atoms with van der Waals surface area (Å²) in [7, 11) is 0. The van der Waals surface area contributed by atoms with Gasteiger partial charge in [0.25, 0.3) is 0 Å². The summed E-state index contributed by atoms with van der Waals surface area (Å²) in [5, 5.41) is 4.33. The minimum Gasteiger partial charge on any atom is -0.382 e. The van der Waals surface area contributed by atoms with Crippen LogP contribution in [0.3, 0.4) is 0 Å². The second kappa shape index (κ2) is 4.45. The Hall–Kier alpha value is -0.340. The van der Waals surface area contributed by atoms with E-state index in [-0.39, 0.29) is 0 Å². The standard InChI is InChI=1S/C11H14ClNS/c1-14-11-6-5-9(7-10(11)12)13-8-3-2-4-8/h5-8,13H,2-4H2,1H3. The predicted octanol–water partition coefficient (Wildman–Crippen LogP) is 4.03. The Labute approximate surface area is 94.2 Å². The molecule has 1 fully saturated rings. The molecule has 3 heteroatoms. The Morgan fingerprint density at radius 1 is 1.43 bits per heavy atom. The van der Waals surface area contributed by atoms with E-state index in [9.17, 15) is 0 Å². The summed E-state index contributed by atoms with van der Waals surface area (Å²) in [4.78, 5) is 1.14. The summed E-state index contributed by atoms with van der Waals surface area (Å²) in [5.74, 6) is 0. The maximum absolute atomic E-state index is 6.11. The molecule has 1 aliphatic rings. The SMILES string of the molecule is CSc1ccc(NC2CCC2)cc1Cl. The summed E-state index contributed by atoms with van der Waals surface area (Å²) in [6.07, 6.45) is 5.98. The number of anilines is 1. The van der Waals surface area contributed by atoms with Crippen LogP contribution in [0.5, 0.6) is 0 Å². The maximum Gasteiger partial charge on any atom is 0.0562 e. The number of benzene rings is 1. The molecular weight excluding hydrogens is 214 g/mol. The zero-order valence-electron chi connectivity index (χ0n) is 8.22. The van der Waals surface area contributed by atoms with Gasteiger partial charge in [0.2, 0.25) is 0 Å². The van der Waals surface area contributed by atoms with Crippen LogP contribution < -0.4 is 5.32 Å². The van der Waals surface area contributed by atoms with Gasteiger partial charge >= 0.3 is 0 Å². The van der Waals surface area contributed by atoms with E-state index in [1.165, 1.54) is 19.3 Å². The van der Waals surface area contributed by atoms with Crippen LogP contribution in [-0.4, -0.2) is 12.3 Å². The van der Waals surface area contributed by atoms with Crippen LogP contribution in [0.2, 0.25) is 5.02 Å². The summed E-state index contributed by atoms with van der Waals surface area (Å²) in [6.45, 7) is 0. The van der Waals surface area contributed by atoms with Gasteiger partial charge in [-0.05, 0) is 43.7 Å². The van der Waals surface area contributed by atoms with Crippen LogP contribution in [0.1, 0.15) is 19.3 Å². The number of nitrogens with one attached hydrogen (secondary N) is 1. The lowest BCUT2D eigenvalue weighted by molar-refractivity contribution is 0.445. The van der Waals surface area contributed by atoms with Gasteiger partial charge in [-0.1, -0.05) is 11.6 Å². The van der Waals surface area contributed by atoms with Gasteiger partial charge in [-0.3, -0.25) is 0 Å². The molecule has 0 aliphatic heterocycles. The van der Waals surface area contributed by atoms with Crippen LogP contribution in [0.15, 0.2) is 23.1 Å². The van der Waals surface area contributed by atoms with E-state index in [2.05, 4.69) is 17.4 Å². The van der Waals surface area contributed by atoms with Gasteiger partial charge in [0.05, 0.1) is 5.02 Å². The predicted molar refractivity (Wildman–Crippen MR) is 64.5 cm³/mol. The molecule has 0 amide bonds. The van der Waals surface area contributed by atoms with Crippen molar-refractivity contribution in [3.63, 3.8) is 0 Å². The molecule has 1 N–H and O–H groups in total. The molecule has 1 aliphatic carbocycles. The van der Waals surface area contributed by atoms with Crippen molar-refractivity contribution in [2.75, 3.05) is 11.6 Å². The zero-order chi connectivity index (χ0) is 9.97. The van der Waals surface area contributed by atoms with Crippen molar-refractivity contribution >= 4 is 29.1 Å². The Bertz CT molecular complexity index is 323. The minimum absolute atomic E-state index is 0.672. The molecule has 1 aromatic carbocycles. The summed E-state index contributed by atoms with van der Waals surface area (Å²) in [6, 6.07) is 6.88. The van der Waals surface area contributed by atoms with Crippen molar-refractivity contribution in [2.45, 2.75) is 30.2 Å². The fourth-order valence-electron chi connectivity index (χ4n) is 1.54. The van der Waals surface area contributed by atoms with E-state index >= 15 is 0 Å². The second-order valence-corrected chi connectivity index (χ2v) is 4.88. The van der Waals surface area contributed by atoms with Gasteiger partial charge in [-0.15, -0.1) is 11.8 Å². The largest absolute Gasteiger partial charge is 0.382 e. The van der Waals surface area contributed by atoms with Crippen LogP contribution in [0.4, 0.5) is 5.69 Å². The monoisotopic (exact) mass is 227 g/mol. The zero-order valence-corrected chi connectivity index (χ0v) is 9.79. The lowest BCUT2D eigenvalue weighted by atomic mass is 9.93. The number of hydrogen-bond acceptors (Lipinski definition) is 2. The third kappa shape index (κ3) is 2.18. The van der Waals surface area contributed by atoms with Gasteiger partial charge in [-0.25, -0.2) is 0 Å². The first-order valence-corrected chi connectivity index (χ1v) is 6.50. The Balaban J connectivity index is 2.07. The number of hydrogen-bond donors (Lipinski definition) is 1. The smallest absolute Gasteiger partial charge is 0.0562 e. The van der Waals surface area contributed by atoms with Crippen molar-refractivity contribution in [3.05, 3.63) is 23.2 Å². The number of rotatable bonds is 3. The molecule has 0 unspecified atom stereocenters. The lowest BCUT2D eigenvalue weighted by Crippen LogP contribution is -2.26. The lowest BCUT2D eigenvalue weighted by Gasteiger charge is -2.27. The molecule has 14 heavy (non-hydrogen) atoms. The van der Waals surface area contributed by atoms with Gasteiger partial charge in [-0.2, -0.15) is 0 Å². The fourth-order valence-corrected chi connectivity index (χ4v) is 2.41. The van der Waals surface area contributed by atoms with Gasteiger partial charge in [0.1, 0.15) is 0 Å². The molecule has 0 saturated heterocycles. The van der Waals surface area contributed by atoms with Crippen molar-refractivity contribution in [1.82, 2.24) is 0 Å². The van der Waals surface area contributed by atoms with E-state index in [4.69, 9.17) is 11.6 Å². The first-order chi connectivity index (χ1) is 6.79. The molecule has 0 spiro atoms. The Kier molecular flexibility index (Phi) is 3.24. The highest BCUT2D eigenvalue weighted by atomic mass is 35.5. The quantitative estimate of drug-likeness (QED) is 0.783. The average Bonchev–Trinajstić information content (AvgIpc) is 2.12. The van der Waals surface area contributed by atoms with Crippen LogP contribution in [-0.2, 0) is 0 Å². The number of halogens is 1. The van der Waals surface area contributed by atoms with Gasteiger partial charge < -0.3 is 5.32 Å². The van der Waals surface area contributed by atoms with Crippen molar-refractivity contribution < 1.29 is 0 Å². The van der Waals surface area contributed by atoms with E-state index < -0.39 is 0 Å². The molecule has 1 aromatic rings. The molecule has 0 aromatic heterocycles. The van der Waals surface area contributed by atoms with Crippen LogP contribution in [0, 0.1) is 0 Å². The van der Waals surface area contributed by atoms with E-state index in [0.717, 1.165) is 15.6 Å². The van der Waals surface area contributed by atoms with E-state index in [0.29, 0.717) is 6.04 Å². The van der Waals surface area contributed by atoms with E-state index in [1.807, 2.05) is 12.3 Å². The third-order valence-electron chi connectivity index (χ3n) is 2.63. The fraction of sp³-hybridized carbons (Fsp3) is 0.455. The minimum atomic E-state index is 0.672. The molecule has 0 atom stereocenters. The van der Waals surface area contributed by atoms with Crippen molar-refractivity contribution in [2.24, 2.45) is 0 Å². The van der Waals surface area contributed by atoms with Gasteiger partial charge in [0.15, 0.2) is 0 Å². The third-order valence-corrected chi connectivity index (χ3v) is 3.85. The Morgan fingerprint density at radius 3 is 2.71 bits per heavy atom. The summed E-state index contributed by atoms with van der Waals surface area (Å²) in [5.41, 5.74) is 1.15. The summed E-state index contributed by atoms with van der Waals surface area (Å²) >= 11 is 7.80. The van der Waals surface area contributed by atoms with Gasteiger partial charge in [0, 0.05) is 16.6 Å². The normalized spacial score (nSPS) is 16.4. The molecule has 0 radical (unpaired) electrons. The van der Waals surface area contributed by atoms with Crippen molar-refractivity contribution in [3.8, 4) is 0 Å². The van der Waals surface area contributed by atoms with Crippen LogP contribution >= 0.6 is 23.4 Å². The average molecular weight is 228 g/mol. The number of thioether (sulfide) groups is 1. The molecule has 0 heterocycles. The first-order valence-electron chi connectivity index (χ1n) is 4.89. The highest BCUT2D eigenvalue weighted by Gasteiger charge is 2.16. The molecule has 1 nitrogen and oxygen atoms in total. The topological polar surface area (TPSA) is 12.0 Å². The molecule has 1 saturated carbocycles. The molecule has 76 valence electrons. The summed E-state index contributed by atoms with van der Waals surface area (Å²) < 4.78 is 0. The van der Waals surface area contributed by atoms with Crippen LogP contribution in [0.25, 0.3) is 0 Å². The highest BCUT2D eigenvalue weighted by Crippen LogP contribution is 2.30. The first kappa shape index (κ1) is 10.2. The highest BCUT2D eigenvalue weighted by molar-refractivity contribution is 7.98. The molecule has 0 bridgehead atoms. The Morgan fingerprint density at radius 2 is 2.21 bits per heavy atom. The second-order valence-electron chi connectivity index (χ2n) is 3.62.